The van der Waals surface area contributed by atoms with E-state index >= 15 is 0 Å². The molecule has 1 heterocycles. The summed E-state index contributed by atoms with van der Waals surface area (Å²) < 4.78 is 4.93. The summed E-state index contributed by atoms with van der Waals surface area (Å²) in [4.78, 5) is 0. The van der Waals surface area contributed by atoms with E-state index in [1.807, 2.05) is 0 Å². The van der Waals surface area contributed by atoms with Gasteiger partial charge in [-0.3, -0.25) is 0 Å². The maximum absolute atomic E-state index is 4.93. The summed E-state index contributed by atoms with van der Waals surface area (Å²) in [6.07, 6.45) is 5.44. The van der Waals surface area contributed by atoms with Gasteiger partial charge in [-0.2, -0.15) is 0 Å². The van der Waals surface area contributed by atoms with E-state index in [2.05, 4.69) is 33.7 Å². The van der Waals surface area contributed by atoms with E-state index in [1.165, 1.54) is 30.6 Å². The molecule has 0 radical (unpaired) electrons. The van der Waals surface area contributed by atoms with Gasteiger partial charge >= 0.3 is 0 Å². The van der Waals surface area contributed by atoms with Crippen molar-refractivity contribution in [3.63, 3.8) is 0 Å². The fraction of sp³-hybridized carbons (Fsp3) is 0.900. The van der Waals surface area contributed by atoms with Crippen molar-refractivity contribution >= 4 is 20.6 Å². The Kier molecular flexibility index (Phi) is 3.90. The third-order valence-corrected chi connectivity index (χ3v) is 14.1. The Bertz CT molecular complexity index is 173. The molecule has 0 aromatic carbocycles. The van der Waals surface area contributed by atoms with Gasteiger partial charge in [-0.25, -0.2) is 0 Å². The van der Waals surface area contributed by atoms with Crippen molar-refractivity contribution in [3.05, 3.63) is 0 Å². The third kappa shape index (κ3) is 2.13. The molecule has 1 aliphatic rings. The second kappa shape index (κ2) is 4.37. The van der Waals surface area contributed by atoms with Gasteiger partial charge < -0.3 is 0 Å². The van der Waals surface area contributed by atoms with E-state index in [-0.39, 0.29) is 0 Å². The molecule has 76 valence electrons. The van der Waals surface area contributed by atoms with Gasteiger partial charge in [0, 0.05) is 0 Å². The predicted octanol–water partition coefficient (Wildman–Crippen LogP) is 4.02. The van der Waals surface area contributed by atoms with Crippen LogP contribution in [0.4, 0.5) is 0 Å². The van der Waals surface area contributed by atoms with Crippen LogP contribution in [-0.2, 0) is 0 Å². The van der Waals surface area contributed by atoms with E-state index in [4.69, 9.17) is 4.76 Å². The quantitative estimate of drug-likeness (QED) is 0.633. The standard InChI is InChI=1S/C10H23NP2/c1-5-12(6-2)9-11-13(7-3,8-4)10-12/h9H,5-8,10H2,1-4H3/q+2. The van der Waals surface area contributed by atoms with Crippen molar-refractivity contribution < 1.29 is 0 Å². The fourth-order valence-corrected chi connectivity index (χ4v) is 13.3. The van der Waals surface area contributed by atoms with Crippen molar-refractivity contribution in [3.8, 4) is 0 Å². The van der Waals surface area contributed by atoms with Crippen LogP contribution in [0.2, 0.25) is 0 Å². The third-order valence-electron chi connectivity index (χ3n) is 3.52. The Morgan fingerprint density at radius 2 is 1.54 bits per heavy atom. The van der Waals surface area contributed by atoms with Crippen molar-refractivity contribution in [1.29, 1.82) is 0 Å². The molecular formula is C10H23NP2+2. The lowest BCUT2D eigenvalue weighted by Gasteiger charge is -2.17. The van der Waals surface area contributed by atoms with Crippen LogP contribution in [-0.4, -0.2) is 36.5 Å². The molecule has 0 saturated carbocycles. The molecule has 0 fully saturated rings. The molecule has 0 aromatic heterocycles. The van der Waals surface area contributed by atoms with Gasteiger partial charge in [0.15, 0.2) is 19.3 Å². The second-order valence-corrected chi connectivity index (χ2v) is 12.7. The summed E-state index contributed by atoms with van der Waals surface area (Å²) >= 11 is 0. The van der Waals surface area contributed by atoms with Crippen LogP contribution in [0.25, 0.3) is 0 Å². The van der Waals surface area contributed by atoms with Gasteiger partial charge in [-0.05, 0) is 27.7 Å². The Hall–Kier alpha value is 0.530. The zero-order valence-corrected chi connectivity index (χ0v) is 11.2. The molecule has 0 unspecified atom stereocenters. The summed E-state index contributed by atoms with van der Waals surface area (Å²) in [5.74, 6) is 3.91. The second-order valence-electron chi connectivity index (χ2n) is 3.95. The van der Waals surface area contributed by atoms with Crippen molar-refractivity contribution in [1.82, 2.24) is 0 Å². The maximum atomic E-state index is 4.93. The number of rotatable bonds is 4. The summed E-state index contributed by atoms with van der Waals surface area (Å²) in [7, 11) is -1.55. The molecule has 1 rings (SSSR count). The summed E-state index contributed by atoms with van der Waals surface area (Å²) in [6.45, 7) is 9.38. The Morgan fingerprint density at radius 1 is 1.00 bits per heavy atom. The lowest BCUT2D eigenvalue weighted by atomic mass is 11.0. The normalized spacial score (nSPS) is 23.7. The average Bonchev–Trinajstić information content (AvgIpc) is 2.59. The molecular weight excluding hydrogens is 196 g/mol. The minimum Gasteiger partial charge on any atom is -0.0958 e. The van der Waals surface area contributed by atoms with E-state index in [0.29, 0.717) is 0 Å². The van der Waals surface area contributed by atoms with E-state index < -0.39 is 14.7 Å². The van der Waals surface area contributed by atoms with Crippen LogP contribution in [0.5, 0.6) is 0 Å². The molecule has 0 aromatic rings. The minimum atomic E-state index is -0.844. The first-order valence-corrected chi connectivity index (χ1v) is 10.2. The monoisotopic (exact) mass is 219 g/mol. The summed E-state index contributed by atoms with van der Waals surface area (Å²) in [5.41, 5.74) is 0. The van der Waals surface area contributed by atoms with E-state index in [9.17, 15) is 0 Å². The van der Waals surface area contributed by atoms with Crippen LogP contribution >= 0.6 is 14.7 Å². The molecule has 0 N–H and O–H groups in total. The number of hydrogen-bond acceptors (Lipinski definition) is 1. The van der Waals surface area contributed by atoms with Gasteiger partial charge in [-0.1, -0.05) is 4.76 Å². The van der Waals surface area contributed by atoms with Crippen LogP contribution in [0, 0.1) is 0 Å². The van der Waals surface area contributed by atoms with Crippen molar-refractivity contribution in [2.24, 2.45) is 4.76 Å². The van der Waals surface area contributed by atoms with Gasteiger partial charge in [0.05, 0.1) is 24.6 Å². The Morgan fingerprint density at radius 3 is 1.77 bits per heavy atom. The lowest BCUT2D eigenvalue weighted by molar-refractivity contribution is 1.34. The zero-order chi connectivity index (χ0) is 9.95. The predicted molar refractivity (Wildman–Crippen MR) is 69.4 cm³/mol. The van der Waals surface area contributed by atoms with Crippen LogP contribution in [0.15, 0.2) is 4.76 Å². The molecule has 3 heteroatoms. The largest absolute Gasteiger partial charge is 0.188 e. The van der Waals surface area contributed by atoms with Gasteiger partial charge in [-0.15, -0.1) is 0 Å². The van der Waals surface area contributed by atoms with Crippen LogP contribution in [0.3, 0.4) is 0 Å². The molecule has 0 amide bonds. The summed E-state index contributed by atoms with van der Waals surface area (Å²) in [6, 6.07) is 0. The van der Waals surface area contributed by atoms with Gasteiger partial charge in [0.2, 0.25) is 0 Å². The molecule has 1 nitrogen and oxygen atoms in total. The topological polar surface area (TPSA) is 12.4 Å². The number of hydrogen-bond donors (Lipinski definition) is 0. The SMILES string of the molecule is CC[P+]1(CC)C=N[P+](CC)(CC)C1. The molecule has 13 heavy (non-hydrogen) atoms. The molecule has 0 spiro atoms. The molecule has 0 bridgehead atoms. The van der Waals surface area contributed by atoms with Crippen LogP contribution < -0.4 is 0 Å². The fourth-order valence-electron chi connectivity index (χ4n) is 1.99. The highest BCUT2D eigenvalue weighted by Crippen LogP contribution is 2.78. The Balaban J connectivity index is 2.77. The Labute approximate surface area is 84.1 Å². The molecule has 1 aliphatic heterocycles. The highest BCUT2D eigenvalue weighted by Gasteiger charge is 2.53. The molecule has 0 atom stereocenters. The highest BCUT2D eigenvalue weighted by molar-refractivity contribution is 8.02. The van der Waals surface area contributed by atoms with Gasteiger partial charge in [0.25, 0.3) is 0 Å². The lowest BCUT2D eigenvalue weighted by Crippen LogP contribution is -2.05. The van der Waals surface area contributed by atoms with Gasteiger partial charge in [0.1, 0.15) is 7.26 Å². The zero-order valence-electron chi connectivity index (χ0n) is 9.45. The minimum absolute atomic E-state index is 0.706. The average molecular weight is 219 g/mol. The van der Waals surface area contributed by atoms with Crippen molar-refractivity contribution in [2.45, 2.75) is 27.7 Å². The maximum Gasteiger partial charge on any atom is 0.188 e. The molecule has 0 saturated heterocycles. The van der Waals surface area contributed by atoms with Crippen molar-refractivity contribution in [2.75, 3.05) is 30.6 Å². The first kappa shape index (κ1) is 11.6. The van der Waals surface area contributed by atoms with E-state index in [0.717, 1.165) is 0 Å². The van der Waals surface area contributed by atoms with E-state index in [1.54, 1.807) is 0 Å². The number of nitrogens with zero attached hydrogens (tertiary/aromatic N) is 1. The van der Waals surface area contributed by atoms with Crippen LogP contribution in [0.1, 0.15) is 27.7 Å². The summed E-state index contributed by atoms with van der Waals surface area (Å²) in [5, 5.41) is 0. The first-order valence-electron chi connectivity index (χ1n) is 5.44. The highest BCUT2D eigenvalue weighted by atomic mass is 31.2. The smallest absolute Gasteiger partial charge is 0.0958 e. The first-order chi connectivity index (χ1) is 6.16. The molecule has 0 aliphatic carbocycles.